The SMILES string of the molecule is CCCCN(C)C(=NC)NCCCOCc1ccc(OC)cc1.I. The Morgan fingerprint density at radius 1 is 1.21 bits per heavy atom. The quantitative estimate of drug-likeness (QED) is 0.257. The minimum Gasteiger partial charge on any atom is -0.497 e. The topological polar surface area (TPSA) is 46.1 Å². The van der Waals surface area contributed by atoms with Crippen molar-refractivity contribution in [3.05, 3.63) is 29.8 Å². The van der Waals surface area contributed by atoms with Crippen LogP contribution in [-0.4, -0.2) is 51.8 Å². The third kappa shape index (κ3) is 9.32. The van der Waals surface area contributed by atoms with Crippen molar-refractivity contribution in [1.82, 2.24) is 10.2 Å². The van der Waals surface area contributed by atoms with Gasteiger partial charge in [-0.2, -0.15) is 0 Å². The van der Waals surface area contributed by atoms with Crippen LogP contribution in [0.25, 0.3) is 0 Å². The fraction of sp³-hybridized carbons (Fsp3) is 0.611. The Hall–Kier alpha value is -1.02. The summed E-state index contributed by atoms with van der Waals surface area (Å²) < 4.78 is 10.8. The zero-order chi connectivity index (χ0) is 16.9. The maximum absolute atomic E-state index is 5.70. The largest absolute Gasteiger partial charge is 0.497 e. The lowest BCUT2D eigenvalue weighted by molar-refractivity contribution is 0.119. The first-order valence-corrected chi connectivity index (χ1v) is 8.33. The highest BCUT2D eigenvalue weighted by molar-refractivity contribution is 14.0. The molecule has 0 fully saturated rings. The number of nitrogens with one attached hydrogen (secondary N) is 1. The van der Waals surface area contributed by atoms with Crippen LogP contribution in [0.5, 0.6) is 5.75 Å². The molecule has 0 heterocycles. The van der Waals surface area contributed by atoms with Crippen LogP contribution in [0, 0.1) is 0 Å². The molecule has 0 saturated heterocycles. The predicted octanol–water partition coefficient (Wildman–Crippen LogP) is 3.53. The van der Waals surface area contributed by atoms with Gasteiger partial charge < -0.3 is 19.7 Å². The second-order valence-corrected chi connectivity index (χ2v) is 5.50. The molecule has 0 aliphatic rings. The molecule has 0 radical (unpaired) electrons. The summed E-state index contributed by atoms with van der Waals surface area (Å²) in [7, 11) is 5.57. The molecule has 24 heavy (non-hydrogen) atoms. The van der Waals surface area contributed by atoms with Crippen molar-refractivity contribution in [3.8, 4) is 5.75 Å². The molecule has 0 spiro atoms. The van der Waals surface area contributed by atoms with Crippen LogP contribution in [0.15, 0.2) is 29.3 Å². The number of unbranched alkanes of at least 4 members (excludes halogenated alkanes) is 1. The molecule has 6 heteroatoms. The van der Waals surface area contributed by atoms with Gasteiger partial charge in [0.15, 0.2) is 5.96 Å². The van der Waals surface area contributed by atoms with Gasteiger partial charge in [0, 0.05) is 33.8 Å². The summed E-state index contributed by atoms with van der Waals surface area (Å²) in [5, 5.41) is 3.37. The molecule has 138 valence electrons. The standard InChI is InChI=1S/C18H31N3O2.HI/c1-5-6-13-21(3)18(19-2)20-12-7-14-23-15-16-8-10-17(22-4)11-9-16;/h8-11H,5-7,12-15H2,1-4H3,(H,19,20);1H. The number of nitrogens with zero attached hydrogens (tertiary/aromatic N) is 2. The van der Waals surface area contributed by atoms with Gasteiger partial charge in [0.2, 0.25) is 0 Å². The summed E-state index contributed by atoms with van der Waals surface area (Å²) in [5.74, 6) is 1.82. The van der Waals surface area contributed by atoms with Gasteiger partial charge in [-0.25, -0.2) is 0 Å². The first kappa shape index (κ1) is 23.0. The Balaban J connectivity index is 0.00000529. The average molecular weight is 449 g/mol. The lowest BCUT2D eigenvalue weighted by Crippen LogP contribution is -2.40. The maximum atomic E-state index is 5.70. The summed E-state index contributed by atoms with van der Waals surface area (Å²) in [5.41, 5.74) is 1.16. The molecular weight excluding hydrogens is 417 g/mol. The molecule has 0 aliphatic carbocycles. The van der Waals surface area contributed by atoms with E-state index in [1.165, 1.54) is 12.8 Å². The van der Waals surface area contributed by atoms with Gasteiger partial charge in [-0.05, 0) is 30.5 Å². The smallest absolute Gasteiger partial charge is 0.193 e. The zero-order valence-corrected chi connectivity index (χ0v) is 17.7. The second kappa shape index (κ2) is 14.3. The molecule has 0 saturated carbocycles. The second-order valence-electron chi connectivity index (χ2n) is 5.50. The van der Waals surface area contributed by atoms with E-state index in [1.54, 1.807) is 7.11 Å². The lowest BCUT2D eigenvalue weighted by atomic mass is 10.2. The molecule has 0 aliphatic heterocycles. The number of benzene rings is 1. The molecule has 1 rings (SSSR count). The molecule has 1 aromatic carbocycles. The molecule has 0 unspecified atom stereocenters. The van der Waals surface area contributed by atoms with Crippen molar-refractivity contribution in [1.29, 1.82) is 0 Å². The molecule has 0 aromatic heterocycles. The van der Waals surface area contributed by atoms with E-state index in [0.29, 0.717) is 6.61 Å². The van der Waals surface area contributed by atoms with E-state index in [0.717, 1.165) is 43.4 Å². The van der Waals surface area contributed by atoms with Gasteiger partial charge in [0.1, 0.15) is 5.75 Å². The number of aliphatic imine (C=N–C) groups is 1. The van der Waals surface area contributed by atoms with Crippen molar-refractivity contribution in [2.75, 3.05) is 40.9 Å². The summed E-state index contributed by atoms with van der Waals surface area (Å²) in [6.07, 6.45) is 3.33. The van der Waals surface area contributed by atoms with Gasteiger partial charge in [0.25, 0.3) is 0 Å². The Morgan fingerprint density at radius 2 is 1.92 bits per heavy atom. The summed E-state index contributed by atoms with van der Waals surface area (Å²) in [4.78, 5) is 6.47. The van der Waals surface area contributed by atoms with Crippen LogP contribution in [0.4, 0.5) is 0 Å². The lowest BCUT2D eigenvalue weighted by Gasteiger charge is -2.21. The first-order valence-electron chi connectivity index (χ1n) is 8.33. The van der Waals surface area contributed by atoms with Gasteiger partial charge in [-0.15, -0.1) is 24.0 Å². The number of methoxy groups -OCH3 is 1. The summed E-state index contributed by atoms with van der Waals surface area (Å²) >= 11 is 0. The number of halogens is 1. The molecule has 1 N–H and O–H groups in total. The normalized spacial score (nSPS) is 10.9. The van der Waals surface area contributed by atoms with Gasteiger partial charge in [-0.1, -0.05) is 25.5 Å². The Morgan fingerprint density at radius 3 is 2.50 bits per heavy atom. The predicted molar refractivity (Wildman–Crippen MR) is 112 cm³/mol. The Labute approximate surface area is 163 Å². The van der Waals surface area contributed by atoms with Crippen molar-refractivity contribution in [2.45, 2.75) is 32.8 Å². The van der Waals surface area contributed by atoms with Gasteiger partial charge in [0.05, 0.1) is 13.7 Å². The molecule has 0 amide bonds. The molecule has 1 aromatic rings. The third-order valence-electron chi connectivity index (χ3n) is 3.60. The van der Waals surface area contributed by atoms with Crippen molar-refractivity contribution < 1.29 is 9.47 Å². The van der Waals surface area contributed by atoms with Gasteiger partial charge in [-0.3, -0.25) is 4.99 Å². The van der Waals surface area contributed by atoms with E-state index in [-0.39, 0.29) is 24.0 Å². The highest BCUT2D eigenvalue weighted by Gasteiger charge is 2.03. The molecule has 0 bridgehead atoms. The molecule has 0 atom stereocenters. The third-order valence-corrected chi connectivity index (χ3v) is 3.60. The number of rotatable bonds is 10. The van der Waals surface area contributed by atoms with E-state index < -0.39 is 0 Å². The van der Waals surface area contributed by atoms with E-state index in [9.17, 15) is 0 Å². The summed E-state index contributed by atoms with van der Waals surface area (Å²) in [6.45, 7) is 5.46. The Kier molecular flexibility index (Phi) is 13.7. The number of ether oxygens (including phenoxy) is 2. The highest BCUT2D eigenvalue weighted by Crippen LogP contribution is 2.11. The van der Waals surface area contributed by atoms with Crippen molar-refractivity contribution >= 4 is 29.9 Å². The minimum atomic E-state index is 0. The maximum Gasteiger partial charge on any atom is 0.193 e. The Bertz CT molecular complexity index is 452. The zero-order valence-electron chi connectivity index (χ0n) is 15.4. The van der Waals surface area contributed by atoms with E-state index in [1.807, 2.05) is 31.3 Å². The van der Waals surface area contributed by atoms with Crippen LogP contribution >= 0.6 is 24.0 Å². The van der Waals surface area contributed by atoms with Crippen LogP contribution < -0.4 is 10.1 Å². The molecule has 5 nitrogen and oxygen atoms in total. The summed E-state index contributed by atoms with van der Waals surface area (Å²) in [6, 6.07) is 7.97. The first-order chi connectivity index (χ1) is 11.2. The van der Waals surface area contributed by atoms with Crippen LogP contribution in [0.3, 0.4) is 0 Å². The number of hydrogen-bond donors (Lipinski definition) is 1. The van der Waals surface area contributed by atoms with Crippen LogP contribution in [-0.2, 0) is 11.3 Å². The highest BCUT2D eigenvalue weighted by atomic mass is 127. The van der Waals surface area contributed by atoms with Crippen molar-refractivity contribution in [2.24, 2.45) is 4.99 Å². The van der Waals surface area contributed by atoms with Crippen LogP contribution in [0.2, 0.25) is 0 Å². The van der Waals surface area contributed by atoms with E-state index >= 15 is 0 Å². The minimum absolute atomic E-state index is 0. The van der Waals surface area contributed by atoms with Crippen LogP contribution in [0.1, 0.15) is 31.7 Å². The fourth-order valence-corrected chi connectivity index (χ4v) is 2.17. The van der Waals surface area contributed by atoms with E-state index in [2.05, 4.69) is 29.2 Å². The van der Waals surface area contributed by atoms with Gasteiger partial charge >= 0.3 is 0 Å². The molecular formula is C18H32IN3O2. The van der Waals surface area contributed by atoms with E-state index in [4.69, 9.17) is 9.47 Å². The monoisotopic (exact) mass is 449 g/mol. The average Bonchev–Trinajstić information content (AvgIpc) is 2.59. The van der Waals surface area contributed by atoms with Crippen molar-refractivity contribution in [3.63, 3.8) is 0 Å². The number of hydrogen-bond acceptors (Lipinski definition) is 3. The number of guanidine groups is 1. The fourth-order valence-electron chi connectivity index (χ4n) is 2.17.